The Morgan fingerprint density at radius 2 is 1.70 bits per heavy atom. The van der Waals surface area contributed by atoms with Crippen LogP contribution in [0.3, 0.4) is 0 Å². The number of carbonyl (C=O) groups is 1. The minimum Gasteiger partial charge on any atom is -0.465 e. The van der Waals surface area contributed by atoms with Crippen LogP contribution in [0.4, 0.5) is 4.79 Å². The second-order valence-electron chi connectivity index (χ2n) is 6.44. The van der Waals surface area contributed by atoms with E-state index in [9.17, 15) is 9.90 Å². The molecule has 0 fully saturated rings. The lowest BCUT2D eigenvalue weighted by Gasteiger charge is -2.28. The van der Waals surface area contributed by atoms with Crippen LogP contribution in [-0.4, -0.2) is 29.7 Å². The van der Waals surface area contributed by atoms with E-state index in [0.717, 1.165) is 21.9 Å². The monoisotopic (exact) mass is 360 g/mol. The van der Waals surface area contributed by atoms with Crippen molar-refractivity contribution in [2.24, 2.45) is 5.11 Å². The first-order valence-corrected chi connectivity index (χ1v) is 8.62. The third-order valence-corrected chi connectivity index (χ3v) is 4.70. The molecule has 2 atom stereocenters. The Morgan fingerprint density at radius 1 is 1.04 bits per heavy atom. The van der Waals surface area contributed by atoms with Crippen LogP contribution in [0.15, 0.2) is 77.9 Å². The van der Waals surface area contributed by atoms with E-state index in [4.69, 9.17) is 5.53 Å². The van der Waals surface area contributed by atoms with Gasteiger partial charge in [0.1, 0.15) is 0 Å². The van der Waals surface area contributed by atoms with Gasteiger partial charge >= 0.3 is 6.09 Å². The summed E-state index contributed by atoms with van der Waals surface area (Å²) in [6, 6.07) is 23.0. The van der Waals surface area contributed by atoms with Gasteiger partial charge in [-0.3, -0.25) is 0 Å². The summed E-state index contributed by atoms with van der Waals surface area (Å²) in [5.74, 6) is -0.311. The zero-order valence-electron chi connectivity index (χ0n) is 14.9. The first-order valence-electron chi connectivity index (χ1n) is 8.62. The summed E-state index contributed by atoms with van der Waals surface area (Å²) in [6.07, 6.45) is -1.02. The van der Waals surface area contributed by atoms with E-state index in [1.807, 2.05) is 72.8 Å². The van der Waals surface area contributed by atoms with Gasteiger partial charge in [0.25, 0.3) is 0 Å². The summed E-state index contributed by atoms with van der Waals surface area (Å²) >= 11 is 0. The van der Waals surface area contributed by atoms with Crippen LogP contribution in [0.2, 0.25) is 0 Å². The predicted octanol–water partition coefficient (Wildman–Crippen LogP) is 5.58. The fourth-order valence-electron chi connectivity index (χ4n) is 3.28. The molecule has 3 aromatic rings. The van der Waals surface area contributed by atoms with E-state index in [0.29, 0.717) is 0 Å². The first kappa shape index (κ1) is 18.3. The number of hydrogen-bond donors (Lipinski definition) is 1. The van der Waals surface area contributed by atoms with Gasteiger partial charge in [0.2, 0.25) is 0 Å². The van der Waals surface area contributed by atoms with Crippen molar-refractivity contribution in [2.45, 2.75) is 12.0 Å². The Balaban J connectivity index is 2.10. The molecule has 0 aliphatic carbocycles. The number of benzene rings is 3. The number of azide groups is 1. The average Bonchev–Trinajstić information content (AvgIpc) is 2.70. The van der Waals surface area contributed by atoms with Gasteiger partial charge < -0.3 is 10.0 Å². The van der Waals surface area contributed by atoms with Crippen molar-refractivity contribution in [1.29, 1.82) is 0 Å². The summed E-state index contributed by atoms with van der Waals surface area (Å²) in [5.41, 5.74) is 10.9. The molecular formula is C21H20N4O2. The fraction of sp³-hybridized carbons (Fsp3) is 0.190. The molecule has 0 spiro atoms. The molecule has 0 aliphatic heterocycles. The molecule has 1 amide bonds. The molecule has 6 nitrogen and oxygen atoms in total. The number of carboxylic acid groups (broad SMARTS) is 1. The van der Waals surface area contributed by atoms with Crippen molar-refractivity contribution in [1.82, 2.24) is 4.90 Å². The molecule has 0 saturated heterocycles. The van der Waals surface area contributed by atoms with Gasteiger partial charge in [-0.2, -0.15) is 0 Å². The molecule has 1 N–H and O–H groups in total. The molecule has 0 radical (unpaired) electrons. The number of rotatable bonds is 6. The van der Waals surface area contributed by atoms with Crippen molar-refractivity contribution in [3.63, 3.8) is 0 Å². The minimum atomic E-state index is -1.02. The minimum absolute atomic E-state index is 0.215. The molecule has 3 rings (SSSR count). The van der Waals surface area contributed by atoms with E-state index < -0.39 is 12.1 Å². The largest absolute Gasteiger partial charge is 0.465 e. The van der Waals surface area contributed by atoms with Crippen LogP contribution in [0, 0.1) is 0 Å². The van der Waals surface area contributed by atoms with Crippen molar-refractivity contribution in [3.8, 4) is 0 Å². The van der Waals surface area contributed by atoms with E-state index >= 15 is 0 Å². The molecule has 0 heterocycles. The van der Waals surface area contributed by atoms with Crippen LogP contribution < -0.4 is 0 Å². The maximum Gasteiger partial charge on any atom is 0.407 e. The predicted molar refractivity (Wildman–Crippen MR) is 106 cm³/mol. The maximum absolute atomic E-state index is 11.4. The van der Waals surface area contributed by atoms with Crippen LogP contribution in [0.25, 0.3) is 21.2 Å². The van der Waals surface area contributed by atoms with Crippen LogP contribution in [0.1, 0.15) is 23.1 Å². The van der Waals surface area contributed by atoms with Crippen molar-refractivity contribution < 1.29 is 9.90 Å². The van der Waals surface area contributed by atoms with Crippen LogP contribution >= 0.6 is 0 Å². The lowest BCUT2D eigenvalue weighted by molar-refractivity contribution is 0.151. The van der Waals surface area contributed by atoms with Crippen LogP contribution in [0.5, 0.6) is 0 Å². The van der Waals surface area contributed by atoms with Gasteiger partial charge in [-0.25, -0.2) is 4.79 Å². The summed E-state index contributed by atoms with van der Waals surface area (Å²) in [7, 11) is 1.52. The SMILES string of the molecule is CN(C[C@H](c1ccc2ccccc2c1)[C@H](N=[N+]=[N-])c1ccccc1)C(=O)O. The molecule has 0 aliphatic rings. The Kier molecular flexibility index (Phi) is 5.59. The molecule has 27 heavy (non-hydrogen) atoms. The quantitative estimate of drug-likeness (QED) is 0.353. The molecule has 3 aromatic carbocycles. The number of likely N-dealkylation sites (N-methyl/N-ethyl adjacent to an activating group) is 1. The van der Waals surface area contributed by atoms with Gasteiger partial charge in [0.05, 0.1) is 6.04 Å². The first-order chi connectivity index (χ1) is 13.1. The Hall–Kier alpha value is -3.50. The van der Waals surface area contributed by atoms with Gasteiger partial charge in [-0.15, -0.1) is 0 Å². The summed E-state index contributed by atoms with van der Waals surface area (Å²) < 4.78 is 0. The van der Waals surface area contributed by atoms with Gasteiger partial charge in [0.15, 0.2) is 0 Å². The third kappa shape index (κ3) is 4.19. The van der Waals surface area contributed by atoms with Crippen molar-refractivity contribution >= 4 is 16.9 Å². The Morgan fingerprint density at radius 3 is 2.37 bits per heavy atom. The third-order valence-electron chi connectivity index (χ3n) is 4.70. The van der Waals surface area contributed by atoms with E-state index in [2.05, 4.69) is 10.0 Å². The normalized spacial score (nSPS) is 12.8. The summed E-state index contributed by atoms with van der Waals surface area (Å²) in [4.78, 5) is 15.7. The lowest BCUT2D eigenvalue weighted by Crippen LogP contribution is -2.31. The summed E-state index contributed by atoms with van der Waals surface area (Å²) in [6.45, 7) is 0.215. The highest BCUT2D eigenvalue weighted by Gasteiger charge is 2.27. The highest BCUT2D eigenvalue weighted by molar-refractivity contribution is 5.83. The maximum atomic E-state index is 11.4. The molecule has 0 unspecified atom stereocenters. The molecule has 0 bridgehead atoms. The zero-order valence-corrected chi connectivity index (χ0v) is 14.9. The topological polar surface area (TPSA) is 89.3 Å². The number of nitrogens with zero attached hydrogens (tertiary/aromatic N) is 4. The van der Waals surface area contributed by atoms with Gasteiger partial charge in [0, 0.05) is 24.4 Å². The molecule has 0 aromatic heterocycles. The molecule has 0 saturated carbocycles. The zero-order chi connectivity index (χ0) is 19.2. The second-order valence-corrected chi connectivity index (χ2v) is 6.44. The Labute approximate surface area is 157 Å². The molecular weight excluding hydrogens is 340 g/mol. The number of hydrogen-bond acceptors (Lipinski definition) is 2. The van der Waals surface area contributed by atoms with E-state index in [1.165, 1.54) is 11.9 Å². The lowest BCUT2D eigenvalue weighted by atomic mass is 9.86. The second kappa shape index (κ2) is 8.25. The fourth-order valence-corrected chi connectivity index (χ4v) is 3.28. The van der Waals surface area contributed by atoms with Gasteiger partial charge in [-0.1, -0.05) is 77.9 Å². The van der Waals surface area contributed by atoms with Crippen LogP contribution in [-0.2, 0) is 0 Å². The number of amides is 1. The smallest absolute Gasteiger partial charge is 0.407 e. The molecule has 136 valence electrons. The van der Waals surface area contributed by atoms with Gasteiger partial charge in [-0.05, 0) is 27.4 Å². The standard InChI is InChI=1S/C21H20N4O2/c1-25(21(26)27)14-19(20(23-24-22)16-8-3-2-4-9-16)18-12-11-15-7-5-6-10-17(15)13-18/h2-13,19-20H,14H2,1H3,(H,26,27)/t19-,20-/m1/s1. The highest BCUT2D eigenvalue weighted by Crippen LogP contribution is 2.36. The van der Waals surface area contributed by atoms with Crippen molar-refractivity contribution in [2.75, 3.05) is 13.6 Å². The van der Waals surface area contributed by atoms with Crippen molar-refractivity contribution in [3.05, 3.63) is 94.4 Å². The summed E-state index contributed by atoms with van der Waals surface area (Å²) in [5, 5.41) is 15.5. The van der Waals surface area contributed by atoms with E-state index in [1.54, 1.807) is 0 Å². The Bertz CT molecular complexity index is 984. The molecule has 6 heteroatoms. The highest BCUT2D eigenvalue weighted by atomic mass is 16.4. The number of fused-ring (bicyclic) bond motifs is 1. The van der Waals surface area contributed by atoms with E-state index in [-0.39, 0.29) is 12.5 Å². The average molecular weight is 360 g/mol.